The van der Waals surface area contributed by atoms with E-state index < -0.39 is 4.92 Å². The summed E-state index contributed by atoms with van der Waals surface area (Å²) in [5.74, 6) is -0.153. The molecule has 1 amide bonds. The van der Waals surface area contributed by atoms with Crippen molar-refractivity contribution >= 4 is 63.3 Å². The lowest BCUT2D eigenvalue weighted by Crippen LogP contribution is -2.27. The van der Waals surface area contributed by atoms with E-state index in [0.717, 1.165) is 11.8 Å². The summed E-state index contributed by atoms with van der Waals surface area (Å²) in [6, 6.07) is 11.3. The molecular formula is C17H11ClN2O4S2. The quantitative estimate of drug-likeness (QED) is 0.318. The fourth-order valence-electron chi connectivity index (χ4n) is 2.40. The Labute approximate surface area is 163 Å². The van der Waals surface area contributed by atoms with E-state index in [2.05, 4.69) is 0 Å². The highest BCUT2D eigenvalue weighted by Gasteiger charge is 2.33. The molecule has 26 heavy (non-hydrogen) atoms. The highest BCUT2D eigenvalue weighted by Crippen LogP contribution is 2.37. The van der Waals surface area contributed by atoms with Gasteiger partial charge in [0, 0.05) is 11.1 Å². The number of carbonyl (C=O) groups is 1. The van der Waals surface area contributed by atoms with Gasteiger partial charge in [0.2, 0.25) is 0 Å². The van der Waals surface area contributed by atoms with E-state index in [1.54, 1.807) is 36.4 Å². The maximum atomic E-state index is 12.7. The first-order chi connectivity index (χ1) is 12.4. The average molecular weight is 407 g/mol. The summed E-state index contributed by atoms with van der Waals surface area (Å²) in [6.45, 7) is 0. The van der Waals surface area contributed by atoms with Gasteiger partial charge in [-0.25, -0.2) is 0 Å². The summed E-state index contributed by atoms with van der Waals surface area (Å²) in [5.41, 5.74) is 0.903. The zero-order valence-electron chi connectivity index (χ0n) is 13.3. The number of anilines is 1. The van der Waals surface area contributed by atoms with Gasteiger partial charge in [-0.2, -0.15) is 0 Å². The molecular weight excluding hydrogens is 396 g/mol. The van der Waals surface area contributed by atoms with Crippen LogP contribution in [0.3, 0.4) is 0 Å². The number of halogens is 1. The van der Waals surface area contributed by atoms with Gasteiger partial charge in [0.15, 0.2) is 10.1 Å². The van der Waals surface area contributed by atoms with Crippen LogP contribution in [-0.2, 0) is 4.79 Å². The molecule has 0 N–H and O–H groups in total. The molecule has 132 valence electrons. The third-order valence-corrected chi connectivity index (χ3v) is 5.09. The summed E-state index contributed by atoms with van der Waals surface area (Å²) in [6.07, 6.45) is 1.57. The second kappa shape index (κ2) is 7.45. The average Bonchev–Trinajstić information content (AvgIpc) is 2.88. The lowest BCUT2D eigenvalue weighted by atomic mass is 10.1. The Morgan fingerprint density at radius 2 is 2.08 bits per heavy atom. The smallest absolute Gasteiger partial charge is 0.311 e. The molecule has 2 aromatic rings. The van der Waals surface area contributed by atoms with Crippen LogP contribution in [-0.4, -0.2) is 22.3 Å². The minimum absolute atomic E-state index is 0.152. The zero-order valence-corrected chi connectivity index (χ0v) is 15.7. The monoisotopic (exact) mass is 406 g/mol. The molecule has 6 nitrogen and oxygen atoms in total. The predicted molar refractivity (Wildman–Crippen MR) is 107 cm³/mol. The minimum Gasteiger partial charge on any atom is -0.490 e. The fraction of sp³-hybridized carbons (Fsp3) is 0.0588. The number of hydrogen-bond acceptors (Lipinski definition) is 6. The molecule has 1 aliphatic rings. The number of amides is 1. The van der Waals surface area contributed by atoms with Gasteiger partial charge >= 0.3 is 5.69 Å². The molecule has 1 fully saturated rings. The lowest BCUT2D eigenvalue weighted by Gasteiger charge is -2.14. The Kier molecular flexibility index (Phi) is 5.26. The van der Waals surface area contributed by atoms with Gasteiger partial charge in [-0.15, -0.1) is 0 Å². The van der Waals surface area contributed by atoms with E-state index in [-0.39, 0.29) is 17.3 Å². The molecule has 0 aromatic heterocycles. The van der Waals surface area contributed by atoms with Crippen LogP contribution in [0, 0.1) is 10.1 Å². The van der Waals surface area contributed by atoms with Crippen molar-refractivity contribution in [2.45, 2.75) is 0 Å². The van der Waals surface area contributed by atoms with E-state index >= 15 is 0 Å². The van der Waals surface area contributed by atoms with Crippen molar-refractivity contribution in [2.24, 2.45) is 0 Å². The van der Waals surface area contributed by atoms with Crippen LogP contribution >= 0.6 is 35.6 Å². The Bertz CT molecular complexity index is 962. The van der Waals surface area contributed by atoms with Gasteiger partial charge in [0.1, 0.15) is 0 Å². The molecule has 0 saturated carbocycles. The molecule has 0 radical (unpaired) electrons. The van der Waals surface area contributed by atoms with Gasteiger partial charge in [0.25, 0.3) is 5.91 Å². The molecule has 3 rings (SSSR count). The number of thioether (sulfide) groups is 1. The standard InChI is InChI=1S/C17H11ClN2O4S2/c1-24-14-6-5-10(7-13(14)20(22)23)8-15-16(21)19(17(25)26-15)12-4-2-3-11(18)9-12/h2-9H,1H3. The number of benzene rings is 2. The van der Waals surface area contributed by atoms with Crippen LogP contribution in [0.1, 0.15) is 5.56 Å². The largest absolute Gasteiger partial charge is 0.490 e. The van der Waals surface area contributed by atoms with Crippen LogP contribution in [0.15, 0.2) is 47.4 Å². The molecule has 1 saturated heterocycles. The number of thiocarbonyl (C=S) groups is 1. The SMILES string of the molecule is COc1ccc(C=C2SC(=S)N(c3cccc(Cl)c3)C2=O)cc1[N+](=O)[O-]. The highest BCUT2D eigenvalue weighted by molar-refractivity contribution is 8.27. The minimum atomic E-state index is -0.534. The summed E-state index contributed by atoms with van der Waals surface area (Å²) in [4.78, 5) is 25.1. The Hall–Kier alpha value is -2.42. The topological polar surface area (TPSA) is 72.7 Å². The van der Waals surface area contributed by atoms with Gasteiger partial charge in [-0.1, -0.05) is 47.7 Å². The highest BCUT2D eigenvalue weighted by atomic mass is 35.5. The predicted octanol–water partition coefficient (Wildman–Crippen LogP) is 4.66. The Balaban J connectivity index is 1.96. The summed E-state index contributed by atoms with van der Waals surface area (Å²) in [7, 11) is 1.36. The van der Waals surface area contributed by atoms with E-state index in [4.69, 9.17) is 28.6 Å². The van der Waals surface area contributed by atoms with E-state index in [0.29, 0.717) is 25.5 Å². The molecule has 0 bridgehead atoms. The fourth-order valence-corrected chi connectivity index (χ4v) is 3.88. The summed E-state index contributed by atoms with van der Waals surface area (Å²) < 4.78 is 5.35. The number of carbonyl (C=O) groups excluding carboxylic acids is 1. The van der Waals surface area contributed by atoms with Crippen molar-refractivity contribution in [2.75, 3.05) is 12.0 Å². The molecule has 1 heterocycles. The maximum absolute atomic E-state index is 12.7. The third-order valence-electron chi connectivity index (χ3n) is 3.56. The second-order valence-corrected chi connectivity index (χ2v) is 7.30. The van der Waals surface area contributed by atoms with Crippen molar-refractivity contribution in [3.8, 4) is 5.75 Å². The van der Waals surface area contributed by atoms with Gasteiger partial charge in [0.05, 0.1) is 22.6 Å². The van der Waals surface area contributed by atoms with E-state index in [1.807, 2.05) is 0 Å². The molecule has 2 aromatic carbocycles. The van der Waals surface area contributed by atoms with Crippen molar-refractivity contribution in [3.63, 3.8) is 0 Å². The third kappa shape index (κ3) is 3.57. The van der Waals surface area contributed by atoms with Crippen LogP contribution in [0.4, 0.5) is 11.4 Å². The Morgan fingerprint density at radius 1 is 1.31 bits per heavy atom. The van der Waals surface area contributed by atoms with Gasteiger partial charge < -0.3 is 4.74 Å². The zero-order chi connectivity index (χ0) is 18.8. The molecule has 0 spiro atoms. The normalized spacial score (nSPS) is 15.6. The van der Waals surface area contributed by atoms with Crippen molar-refractivity contribution < 1.29 is 14.5 Å². The number of nitro benzene ring substituents is 1. The molecule has 1 aliphatic heterocycles. The van der Waals surface area contributed by atoms with Gasteiger partial charge in [-0.3, -0.25) is 19.8 Å². The maximum Gasteiger partial charge on any atom is 0.311 e. The van der Waals surface area contributed by atoms with Crippen molar-refractivity contribution in [3.05, 3.63) is 68.1 Å². The number of rotatable bonds is 4. The van der Waals surface area contributed by atoms with E-state index in [1.165, 1.54) is 24.1 Å². The molecule has 0 aliphatic carbocycles. The Morgan fingerprint density at radius 3 is 2.73 bits per heavy atom. The first kappa shape index (κ1) is 18.4. The first-order valence-corrected chi connectivity index (χ1v) is 8.87. The second-order valence-electron chi connectivity index (χ2n) is 5.19. The number of methoxy groups -OCH3 is 1. The lowest BCUT2D eigenvalue weighted by molar-refractivity contribution is -0.385. The first-order valence-electron chi connectivity index (χ1n) is 7.26. The molecule has 9 heteroatoms. The number of ether oxygens (including phenoxy) is 1. The molecule has 0 atom stereocenters. The van der Waals surface area contributed by atoms with Crippen LogP contribution < -0.4 is 9.64 Å². The number of hydrogen-bond donors (Lipinski definition) is 0. The molecule has 0 unspecified atom stereocenters. The summed E-state index contributed by atoms with van der Waals surface area (Å²) >= 11 is 12.4. The van der Waals surface area contributed by atoms with Crippen molar-refractivity contribution in [1.29, 1.82) is 0 Å². The number of nitro groups is 1. The number of nitrogens with zero attached hydrogens (tertiary/aromatic N) is 2. The van der Waals surface area contributed by atoms with Crippen molar-refractivity contribution in [1.82, 2.24) is 0 Å². The van der Waals surface area contributed by atoms with Crippen LogP contribution in [0.2, 0.25) is 5.02 Å². The van der Waals surface area contributed by atoms with Crippen LogP contribution in [0.5, 0.6) is 5.75 Å². The van der Waals surface area contributed by atoms with E-state index in [9.17, 15) is 14.9 Å². The van der Waals surface area contributed by atoms with Crippen LogP contribution in [0.25, 0.3) is 6.08 Å². The van der Waals surface area contributed by atoms with Gasteiger partial charge in [-0.05, 0) is 35.9 Å². The summed E-state index contributed by atoms with van der Waals surface area (Å²) in [5, 5.41) is 11.6.